The third-order valence-corrected chi connectivity index (χ3v) is 5.28. The molecule has 0 amide bonds. The predicted molar refractivity (Wildman–Crippen MR) is 85.4 cm³/mol. The van der Waals surface area contributed by atoms with E-state index < -0.39 is 16.0 Å². The number of nitrogens with one attached hydrogen (secondary N) is 1. The number of sulfonamides is 1. The van der Waals surface area contributed by atoms with E-state index >= 15 is 0 Å². The number of ether oxygens (including phenoxy) is 2. The van der Waals surface area contributed by atoms with Crippen LogP contribution in [-0.2, 0) is 24.3 Å². The van der Waals surface area contributed by atoms with Gasteiger partial charge >= 0.3 is 5.97 Å². The monoisotopic (exact) mass is 351 g/mol. The first-order chi connectivity index (χ1) is 11.5. The molecule has 2 rings (SSSR count). The second kappa shape index (κ2) is 7.92. The zero-order valence-corrected chi connectivity index (χ0v) is 13.9. The highest BCUT2D eigenvalue weighted by atomic mass is 32.2. The topological polar surface area (TPSA) is 109 Å². The molecule has 0 saturated carbocycles. The van der Waals surface area contributed by atoms with Crippen LogP contribution in [0.15, 0.2) is 40.9 Å². The molecule has 0 atom stereocenters. The Morgan fingerprint density at radius 3 is 2.50 bits per heavy atom. The Kier molecular flexibility index (Phi) is 5.92. The number of anilines is 1. The molecule has 1 aromatic carbocycles. The van der Waals surface area contributed by atoms with Gasteiger partial charge in [-0.15, -0.1) is 0 Å². The van der Waals surface area contributed by atoms with Gasteiger partial charge in [0, 0.05) is 25.0 Å². The van der Waals surface area contributed by atoms with Crippen LogP contribution in [-0.4, -0.2) is 52.1 Å². The normalized spacial score (nSPS) is 16.2. The van der Waals surface area contributed by atoms with Gasteiger partial charge in [-0.05, 0) is 24.3 Å². The van der Waals surface area contributed by atoms with Gasteiger partial charge in [0.1, 0.15) is 6.07 Å². The van der Waals surface area contributed by atoms with Gasteiger partial charge in [-0.25, -0.2) is 13.2 Å². The summed E-state index contributed by atoms with van der Waals surface area (Å²) >= 11 is 0. The van der Waals surface area contributed by atoms with E-state index in [9.17, 15) is 13.2 Å². The van der Waals surface area contributed by atoms with E-state index in [2.05, 4.69) is 10.1 Å². The summed E-state index contributed by atoms with van der Waals surface area (Å²) < 4.78 is 35.9. The summed E-state index contributed by atoms with van der Waals surface area (Å²) in [6.07, 6.45) is 1.21. The van der Waals surface area contributed by atoms with E-state index in [0.717, 1.165) is 0 Å². The van der Waals surface area contributed by atoms with Crippen molar-refractivity contribution in [3.8, 4) is 6.07 Å². The summed E-state index contributed by atoms with van der Waals surface area (Å²) in [6.45, 7) is 1.42. The Balaban J connectivity index is 2.12. The van der Waals surface area contributed by atoms with Crippen molar-refractivity contribution >= 4 is 21.7 Å². The van der Waals surface area contributed by atoms with Crippen molar-refractivity contribution in [3.05, 3.63) is 36.0 Å². The highest BCUT2D eigenvalue weighted by Crippen LogP contribution is 2.19. The average molecular weight is 351 g/mol. The predicted octanol–water partition coefficient (Wildman–Crippen LogP) is 0.700. The van der Waals surface area contributed by atoms with Crippen LogP contribution in [0.1, 0.15) is 0 Å². The number of carbonyl (C=O) groups excluding carboxylic acids is 1. The number of rotatable bonds is 5. The van der Waals surface area contributed by atoms with Crippen molar-refractivity contribution < 1.29 is 22.7 Å². The van der Waals surface area contributed by atoms with Crippen molar-refractivity contribution in [3.63, 3.8) is 0 Å². The first-order valence-corrected chi connectivity index (χ1v) is 8.56. The van der Waals surface area contributed by atoms with Crippen LogP contribution in [0.25, 0.3) is 0 Å². The fraction of sp³-hybridized carbons (Fsp3) is 0.333. The summed E-state index contributed by atoms with van der Waals surface area (Å²) in [4.78, 5) is 11.5. The Labute approximate surface area is 140 Å². The maximum absolute atomic E-state index is 12.5. The zero-order chi connectivity index (χ0) is 17.6. The molecular formula is C15H17N3O5S. The van der Waals surface area contributed by atoms with E-state index in [1.165, 1.54) is 29.7 Å². The lowest BCUT2D eigenvalue weighted by molar-refractivity contribution is -0.135. The SMILES string of the molecule is COC(=O)/C(C#N)=C\Nc1ccc(S(=O)(=O)N2CCOCC2)cc1. The zero-order valence-electron chi connectivity index (χ0n) is 13.1. The molecule has 1 aromatic rings. The van der Waals surface area contributed by atoms with Gasteiger partial charge in [-0.3, -0.25) is 0 Å². The number of nitrogens with zero attached hydrogens (tertiary/aromatic N) is 2. The third-order valence-electron chi connectivity index (χ3n) is 3.37. The van der Waals surface area contributed by atoms with Gasteiger partial charge in [0.15, 0.2) is 5.57 Å². The van der Waals surface area contributed by atoms with Gasteiger partial charge in [-0.2, -0.15) is 9.57 Å². The smallest absolute Gasteiger partial charge is 0.350 e. The number of morpholine rings is 1. The molecule has 24 heavy (non-hydrogen) atoms. The molecule has 1 fully saturated rings. The lowest BCUT2D eigenvalue weighted by Crippen LogP contribution is -2.40. The Morgan fingerprint density at radius 1 is 1.33 bits per heavy atom. The fourth-order valence-corrected chi connectivity index (χ4v) is 3.47. The lowest BCUT2D eigenvalue weighted by Gasteiger charge is -2.26. The van der Waals surface area contributed by atoms with Crippen LogP contribution in [0, 0.1) is 11.3 Å². The molecule has 0 aliphatic carbocycles. The highest BCUT2D eigenvalue weighted by molar-refractivity contribution is 7.89. The van der Waals surface area contributed by atoms with E-state index in [0.29, 0.717) is 32.0 Å². The average Bonchev–Trinajstić information content (AvgIpc) is 2.63. The lowest BCUT2D eigenvalue weighted by atomic mass is 10.3. The van der Waals surface area contributed by atoms with Crippen molar-refractivity contribution in [2.45, 2.75) is 4.90 Å². The van der Waals surface area contributed by atoms with Crippen LogP contribution in [0.4, 0.5) is 5.69 Å². The molecule has 0 radical (unpaired) electrons. The second-order valence-corrected chi connectivity index (χ2v) is 6.78. The van der Waals surface area contributed by atoms with Crippen molar-refractivity contribution in [1.82, 2.24) is 4.31 Å². The van der Waals surface area contributed by atoms with Gasteiger partial charge in [0.05, 0.1) is 25.2 Å². The van der Waals surface area contributed by atoms with Crippen LogP contribution in [0.2, 0.25) is 0 Å². The van der Waals surface area contributed by atoms with Crippen LogP contribution in [0.5, 0.6) is 0 Å². The fourth-order valence-electron chi connectivity index (χ4n) is 2.06. The standard InChI is InChI=1S/C15H17N3O5S/c1-22-15(19)12(10-16)11-17-13-2-4-14(5-3-13)24(20,21)18-6-8-23-9-7-18/h2-5,11,17H,6-9H2,1H3/b12-11-. The molecular weight excluding hydrogens is 334 g/mol. The highest BCUT2D eigenvalue weighted by Gasteiger charge is 2.26. The molecule has 1 saturated heterocycles. The van der Waals surface area contributed by atoms with E-state index in [-0.39, 0.29) is 10.5 Å². The molecule has 0 bridgehead atoms. The van der Waals surface area contributed by atoms with Gasteiger partial charge in [0.2, 0.25) is 10.0 Å². The maximum atomic E-state index is 12.5. The second-order valence-electron chi connectivity index (χ2n) is 4.85. The number of nitriles is 1. The molecule has 1 aliphatic rings. The Hall–Kier alpha value is -2.41. The summed E-state index contributed by atoms with van der Waals surface area (Å²) in [6, 6.07) is 7.74. The Bertz CT molecular complexity index is 759. The van der Waals surface area contributed by atoms with Gasteiger partial charge < -0.3 is 14.8 Å². The number of carbonyl (C=O) groups is 1. The van der Waals surface area contributed by atoms with E-state index in [1.54, 1.807) is 18.2 Å². The van der Waals surface area contributed by atoms with Crippen molar-refractivity contribution in [1.29, 1.82) is 5.26 Å². The number of hydrogen-bond donors (Lipinski definition) is 1. The van der Waals surface area contributed by atoms with Crippen molar-refractivity contribution in [2.75, 3.05) is 38.7 Å². The van der Waals surface area contributed by atoms with Crippen molar-refractivity contribution in [2.24, 2.45) is 0 Å². The van der Waals surface area contributed by atoms with Gasteiger partial charge in [0.25, 0.3) is 0 Å². The minimum atomic E-state index is -3.55. The minimum Gasteiger partial charge on any atom is -0.465 e. The largest absolute Gasteiger partial charge is 0.465 e. The molecule has 0 aromatic heterocycles. The molecule has 1 N–H and O–H groups in total. The minimum absolute atomic E-state index is 0.174. The van der Waals surface area contributed by atoms with Crippen LogP contribution >= 0.6 is 0 Å². The number of esters is 1. The molecule has 0 spiro atoms. The quantitative estimate of drug-likeness (QED) is 0.472. The van der Waals surface area contributed by atoms with Gasteiger partial charge in [-0.1, -0.05) is 0 Å². The van der Waals surface area contributed by atoms with Crippen LogP contribution < -0.4 is 5.32 Å². The first kappa shape index (κ1) is 17.9. The Morgan fingerprint density at radius 2 is 1.96 bits per heavy atom. The number of hydrogen-bond acceptors (Lipinski definition) is 7. The number of benzene rings is 1. The molecule has 1 aliphatic heterocycles. The van der Waals surface area contributed by atoms with E-state index in [4.69, 9.17) is 10.00 Å². The molecule has 8 nitrogen and oxygen atoms in total. The molecule has 0 unspecified atom stereocenters. The summed E-state index contributed by atoms with van der Waals surface area (Å²) in [5.41, 5.74) is 0.343. The molecule has 9 heteroatoms. The maximum Gasteiger partial charge on any atom is 0.350 e. The third kappa shape index (κ3) is 4.11. The molecule has 128 valence electrons. The summed E-state index contributed by atoms with van der Waals surface area (Å²) in [5.74, 6) is -0.753. The summed E-state index contributed by atoms with van der Waals surface area (Å²) in [7, 11) is -2.37. The number of methoxy groups -OCH3 is 1. The van der Waals surface area contributed by atoms with E-state index in [1.807, 2.05) is 0 Å². The molecule has 1 heterocycles. The summed E-state index contributed by atoms with van der Waals surface area (Å²) in [5, 5.41) is 11.6. The first-order valence-electron chi connectivity index (χ1n) is 7.12. The van der Waals surface area contributed by atoms with Crippen LogP contribution in [0.3, 0.4) is 0 Å².